The van der Waals surface area contributed by atoms with Crippen LogP contribution < -0.4 is 0 Å². The summed E-state index contributed by atoms with van der Waals surface area (Å²) in [6.07, 6.45) is 9.80. The lowest BCUT2D eigenvalue weighted by atomic mass is 10.1. The molecule has 0 saturated carbocycles. The number of hydrogen-bond acceptors (Lipinski definition) is 0. The largest absolute Gasteiger partial charge is 0.321 e. The van der Waals surface area contributed by atoms with Crippen molar-refractivity contribution in [3.63, 3.8) is 0 Å². The number of rotatable bonds is 6. The first-order valence-electron chi connectivity index (χ1n) is 7.77. The van der Waals surface area contributed by atoms with Crippen LogP contribution in [0.25, 0.3) is 16.8 Å². The van der Waals surface area contributed by atoms with E-state index in [1.807, 2.05) is 6.08 Å². The zero-order chi connectivity index (χ0) is 15.2. The Morgan fingerprint density at radius 1 is 1.19 bits per heavy atom. The van der Waals surface area contributed by atoms with Gasteiger partial charge in [0.25, 0.3) is 0 Å². The van der Waals surface area contributed by atoms with Crippen molar-refractivity contribution in [3.05, 3.63) is 66.5 Å². The summed E-state index contributed by atoms with van der Waals surface area (Å²) in [6.45, 7) is 10.4. The van der Waals surface area contributed by atoms with Crippen LogP contribution in [-0.2, 0) is 6.42 Å². The smallest absolute Gasteiger partial charge is 0.0403 e. The van der Waals surface area contributed by atoms with Crippen LogP contribution >= 0.6 is 0 Å². The summed E-state index contributed by atoms with van der Waals surface area (Å²) in [5.74, 6) is 0. The molecule has 1 aromatic carbocycles. The van der Waals surface area contributed by atoms with Crippen LogP contribution in [-0.4, -0.2) is 4.57 Å². The second kappa shape index (κ2) is 7.12. The SMILES string of the molecule is C=C/C(=C\C)n1cc(-c2ccc(C)cc2)cc1CCCC. The van der Waals surface area contributed by atoms with E-state index in [1.165, 1.54) is 35.2 Å². The molecule has 0 aliphatic carbocycles. The zero-order valence-corrected chi connectivity index (χ0v) is 13.4. The normalized spacial score (nSPS) is 11.7. The van der Waals surface area contributed by atoms with Gasteiger partial charge in [-0.15, -0.1) is 0 Å². The lowest BCUT2D eigenvalue weighted by Gasteiger charge is -2.09. The first kappa shape index (κ1) is 15.4. The van der Waals surface area contributed by atoms with E-state index in [4.69, 9.17) is 0 Å². The summed E-state index contributed by atoms with van der Waals surface area (Å²) in [4.78, 5) is 0. The minimum absolute atomic E-state index is 1.10. The van der Waals surface area contributed by atoms with E-state index in [1.54, 1.807) is 0 Å². The Balaban J connectivity index is 2.44. The Hall–Kier alpha value is -2.02. The van der Waals surface area contributed by atoms with Crippen LogP contribution in [0.15, 0.2) is 55.3 Å². The van der Waals surface area contributed by atoms with Crippen molar-refractivity contribution in [3.8, 4) is 11.1 Å². The van der Waals surface area contributed by atoms with E-state index >= 15 is 0 Å². The molecule has 0 saturated heterocycles. The van der Waals surface area contributed by atoms with Gasteiger partial charge in [0.15, 0.2) is 0 Å². The molecule has 1 heterocycles. The highest BCUT2D eigenvalue weighted by atomic mass is 15.0. The number of allylic oxidation sites excluding steroid dienone is 3. The van der Waals surface area contributed by atoms with Gasteiger partial charge in [-0.1, -0.05) is 55.8 Å². The fourth-order valence-electron chi connectivity index (χ4n) is 2.56. The Morgan fingerprint density at radius 3 is 2.48 bits per heavy atom. The van der Waals surface area contributed by atoms with E-state index in [9.17, 15) is 0 Å². The van der Waals surface area contributed by atoms with Crippen LogP contribution in [0.2, 0.25) is 0 Å². The summed E-state index contributed by atoms with van der Waals surface area (Å²) in [6, 6.07) is 11.0. The van der Waals surface area contributed by atoms with Crippen molar-refractivity contribution < 1.29 is 0 Å². The highest BCUT2D eigenvalue weighted by Crippen LogP contribution is 2.26. The summed E-state index contributed by atoms with van der Waals surface area (Å²) in [5.41, 5.74) is 6.36. The Bertz CT molecular complexity index is 626. The number of hydrogen-bond donors (Lipinski definition) is 0. The fraction of sp³-hybridized carbons (Fsp3) is 0.300. The highest BCUT2D eigenvalue weighted by Gasteiger charge is 2.09. The molecule has 21 heavy (non-hydrogen) atoms. The van der Waals surface area contributed by atoms with E-state index in [2.05, 4.69) is 74.5 Å². The minimum atomic E-state index is 1.10. The van der Waals surface area contributed by atoms with Gasteiger partial charge in [-0.05, 0) is 44.4 Å². The molecule has 1 aromatic heterocycles. The average Bonchev–Trinajstić information content (AvgIpc) is 2.91. The fourth-order valence-corrected chi connectivity index (χ4v) is 2.56. The summed E-state index contributed by atoms with van der Waals surface area (Å²) >= 11 is 0. The van der Waals surface area contributed by atoms with Crippen LogP contribution in [0.5, 0.6) is 0 Å². The molecule has 2 rings (SSSR count). The molecule has 1 heteroatoms. The molecule has 0 spiro atoms. The quantitative estimate of drug-likeness (QED) is 0.584. The summed E-state index contributed by atoms with van der Waals surface area (Å²) in [5, 5.41) is 0. The van der Waals surface area contributed by atoms with Crippen LogP contribution in [0.1, 0.15) is 37.9 Å². The molecule has 0 amide bonds. The molecule has 2 aromatic rings. The number of aromatic nitrogens is 1. The van der Waals surface area contributed by atoms with Gasteiger partial charge >= 0.3 is 0 Å². The molecular formula is C20H25N. The Kier molecular flexibility index (Phi) is 5.21. The third kappa shape index (κ3) is 3.55. The van der Waals surface area contributed by atoms with Crippen LogP contribution in [0, 0.1) is 6.92 Å². The Morgan fingerprint density at radius 2 is 1.90 bits per heavy atom. The third-order valence-corrected chi connectivity index (χ3v) is 3.85. The summed E-state index contributed by atoms with van der Waals surface area (Å²) < 4.78 is 2.28. The van der Waals surface area contributed by atoms with Gasteiger partial charge in [-0.25, -0.2) is 0 Å². The lowest BCUT2D eigenvalue weighted by Crippen LogP contribution is -1.99. The second-order valence-corrected chi connectivity index (χ2v) is 5.48. The van der Waals surface area contributed by atoms with Gasteiger partial charge in [-0.2, -0.15) is 0 Å². The topological polar surface area (TPSA) is 4.93 Å². The van der Waals surface area contributed by atoms with Gasteiger partial charge in [0.05, 0.1) is 0 Å². The standard InChI is InChI=1S/C20H25N/c1-5-8-9-20-14-18(15-21(20)19(6-2)7-3)17-12-10-16(4)11-13-17/h6-7,10-15H,2,5,8-9H2,1,3-4H3/b19-7+. The molecule has 0 unspecified atom stereocenters. The lowest BCUT2D eigenvalue weighted by molar-refractivity contribution is 0.764. The van der Waals surface area contributed by atoms with Crippen molar-refractivity contribution >= 4 is 5.70 Å². The van der Waals surface area contributed by atoms with Gasteiger partial charge in [0.1, 0.15) is 0 Å². The average molecular weight is 279 g/mol. The van der Waals surface area contributed by atoms with Crippen molar-refractivity contribution in [2.45, 2.75) is 40.0 Å². The van der Waals surface area contributed by atoms with E-state index in [0.717, 1.165) is 12.1 Å². The molecule has 110 valence electrons. The molecule has 0 aliphatic heterocycles. The number of unbranched alkanes of at least 4 members (excludes halogenated alkanes) is 1. The van der Waals surface area contributed by atoms with E-state index in [0.29, 0.717) is 0 Å². The van der Waals surface area contributed by atoms with Gasteiger partial charge in [0.2, 0.25) is 0 Å². The monoisotopic (exact) mass is 279 g/mol. The van der Waals surface area contributed by atoms with Gasteiger partial charge in [-0.3, -0.25) is 0 Å². The molecule has 0 aliphatic rings. The molecular weight excluding hydrogens is 254 g/mol. The summed E-state index contributed by atoms with van der Waals surface area (Å²) in [7, 11) is 0. The van der Waals surface area contributed by atoms with Crippen molar-refractivity contribution in [2.75, 3.05) is 0 Å². The molecule has 0 fully saturated rings. The first-order chi connectivity index (χ1) is 10.2. The molecule has 0 radical (unpaired) electrons. The number of aryl methyl sites for hydroxylation is 2. The molecule has 1 nitrogen and oxygen atoms in total. The first-order valence-corrected chi connectivity index (χ1v) is 7.77. The highest BCUT2D eigenvalue weighted by molar-refractivity contribution is 5.68. The van der Waals surface area contributed by atoms with Crippen LogP contribution in [0.3, 0.4) is 0 Å². The maximum Gasteiger partial charge on any atom is 0.0403 e. The van der Waals surface area contributed by atoms with Crippen molar-refractivity contribution in [1.29, 1.82) is 0 Å². The second-order valence-electron chi connectivity index (χ2n) is 5.48. The number of benzene rings is 1. The van der Waals surface area contributed by atoms with E-state index < -0.39 is 0 Å². The molecule has 0 N–H and O–H groups in total. The Labute approximate surface area is 128 Å². The van der Waals surface area contributed by atoms with Crippen LogP contribution in [0.4, 0.5) is 0 Å². The molecule has 0 atom stereocenters. The minimum Gasteiger partial charge on any atom is -0.321 e. The van der Waals surface area contributed by atoms with Gasteiger partial charge < -0.3 is 4.57 Å². The maximum absolute atomic E-state index is 3.93. The maximum atomic E-state index is 3.93. The third-order valence-electron chi connectivity index (χ3n) is 3.85. The molecule has 0 bridgehead atoms. The zero-order valence-electron chi connectivity index (χ0n) is 13.4. The van der Waals surface area contributed by atoms with Crippen molar-refractivity contribution in [1.82, 2.24) is 4.57 Å². The van der Waals surface area contributed by atoms with E-state index in [-0.39, 0.29) is 0 Å². The van der Waals surface area contributed by atoms with Crippen molar-refractivity contribution in [2.24, 2.45) is 0 Å². The number of nitrogens with zero attached hydrogens (tertiary/aromatic N) is 1. The predicted molar refractivity (Wildman–Crippen MR) is 93.4 cm³/mol. The van der Waals surface area contributed by atoms with Gasteiger partial charge in [0, 0.05) is 23.2 Å². The predicted octanol–water partition coefficient (Wildman–Crippen LogP) is 5.85.